The van der Waals surface area contributed by atoms with Crippen LogP contribution < -0.4 is 0 Å². The van der Waals surface area contributed by atoms with Crippen LogP contribution in [0.3, 0.4) is 0 Å². The third-order valence-electron chi connectivity index (χ3n) is 3.62. The number of hydrogen-bond acceptors (Lipinski definition) is 5. The molecule has 1 unspecified atom stereocenters. The van der Waals surface area contributed by atoms with Gasteiger partial charge in [0.2, 0.25) is 0 Å². The monoisotopic (exact) mass is 327 g/mol. The Kier molecular flexibility index (Phi) is 9.55. The third kappa shape index (κ3) is 6.57. The molecule has 0 aliphatic rings. The highest BCUT2D eigenvalue weighted by atomic mass is 32.2. The average molecular weight is 327 g/mol. The van der Waals surface area contributed by atoms with Gasteiger partial charge >= 0.3 is 0 Å². The van der Waals surface area contributed by atoms with Crippen LogP contribution in [0.25, 0.3) is 0 Å². The molecular weight excluding hydrogens is 298 g/mol. The number of rotatable bonds is 11. The Labute approximate surface area is 138 Å². The van der Waals surface area contributed by atoms with Crippen molar-refractivity contribution in [3.8, 4) is 5.75 Å². The number of thioether (sulfide) groups is 1. The minimum absolute atomic E-state index is 0.0461. The van der Waals surface area contributed by atoms with Crippen molar-refractivity contribution in [1.82, 2.24) is 4.90 Å². The number of nitrogens with zero attached hydrogens (tertiary/aromatic N) is 1. The minimum atomic E-state index is 0.0461. The van der Waals surface area contributed by atoms with Gasteiger partial charge in [-0.05, 0) is 35.5 Å². The van der Waals surface area contributed by atoms with E-state index in [1.54, 1.807) is 6.07 Å². The lowest BCUT2D eigenvalue weighted by atomic mass is 10.00. The molecule has 4 nitrogen and oxygen atoms in total. The Balaban J connectivity index is 2.75. The average Bonchev–Trinajstić information content (AvgIpc) is 2.50. The summed E-state index contributed by atoms with van der Waals surface area (Å²) in [6, 6.07) is 5.79. The van der Waals surface area contributed by atoms with E-state index in [1.165, 1.54) is 17.7 Å². The van der Waals surface area contributed by atoms with Gasteiger partial charge < -0.3 is 15.3 Å². The van der Waals surface area contributed by atoms with Crippen LogP contribution in [0.1, 0.15) is 37.3 Å². The molecular formula is C17H29NO3S. The molecule has 0 saturated carbocycles. The summed E-state index contributed by atoms with van der Waals surface area (Å²) >= 11 is 1.96. The van der Waals surface area contributed by atoms with Crippen molar-refractivity contribution < 1.29 is 15.3 Å². The van der Waals surface area contributed by atoms with Crippen LogP contribution in [-0.4, -0.2) is 58.0 Å². The molecule has 0 saturated heterocycles. The predicted octanol–water partition coefficient (Wildman–Crippen LogP) is 2.43. The fourth-order valence-electron chi connectivity index (χ4n) is 2.33. The number of phenolic OH excluding ortho intramolecular Hbond substituents is 1. The maximum Gasteiger partial charge on any atom is 0.120 e. The minimum Gasteiger partial charge on any atom is -0.508 e. The first-order chi connectivity index (χ1) is 10.6. The van der Waals surface area contributed by atoms with Gasteiger partial charge in [0.25, 0.3) is 0 Å². The topological polar surface area (TPSA) is 63.9 Å². The molecule has 0 aromatic heterocycles. The van der Waals surface area contributed by atoms with Crippen LogP contribution >= 0.6 is 11.8 Å². The van der Waals surface area contributed by atoms with E-state index >= 15 is 0 Å². The normalized spacial score (nSPS) is 12.8. The van der Waals surface area contributed by atoms with Crippen LogP contribution in [0.5, 0.6) is 5.75 Å². The molecule has 1 aromatic carbocycles. The quantitative estimate of drug-likeness (QED) is 0.545. The van der Waals surface area contributed by atoms with E-state index in [9.17, 15) is 5.11 Å². The van der Waals surface area contributed by atoms with E-state index in [0.717, 1.165) is 11.3 Å². The van der Waals surface area contributed by atoms with Crippen molar-refractivity contribution in [2.24, 2.45) is 0 Å². The molecule has 1 rings (SSSR count). The summed E-state index contributed by atoms with van der Waals surface area (Å²) in [6.07, 6.45) is 1.19. The van der Waals surface area contributed by atoms with Gasteiger partial charge in [-0.25, -0.2) is 0 Å². The van der Waals surface area contributed by atoms with Gasteiger partial charge in [0.1, 0.15) is 5.75 Å². The summed E-state index contributed by atoms with van der Waals surface area (Å²) in [4.78, 5) is 1.94. The molecule has 1 atom stereocenters. The van der Waals surface area contributed by atoms with Gasteiger partial charge in [0.15, 0.2) is 0 Å². The predicted molar refractivity (Wildman–Crippen MR) is 93.6 cm³/mol. The van der Waals surface area contributed by atoms with Gasteiger partial charge in [-0.15, -0.1) is 0 Å². The molecule has 0 radical (unpaired) electrons. The van der Waals surface area contributed by atoms with Gasteiger partial charge in [-0.3, -0.25) is 4.90 Å². The smallest absolute Gasteiger partial charge is 0.120 e. The van der Waals surface area contributed by atoms with Crippen molar-refractivity contribution in [1.29, 1.82) is 0 Å². The second-order valence-electron chi connectivity index (χ2n) is 5.59. The molecule has 0 heterocycles. The summed E-state index contributed by atoms with van der Waals surface area (Å²) in [6.45, 7) is 6.01. The summed E-state index contributed by atoms with van der Waals surface area (Å²) in [7, 11) is 0. The zero-order valence-electron chi connectivity index (χ0n) is 13.7. The van der Waals surface area contributed by atoms with Gasteiger partial charge in [-0.1, -0.05) is 26.0 Å². The molecule has 5 heteroatoms. The van der Waals surface area contributed by atoms with Crippen LogP contribution in [0.2, 0.25) is 0 Å². The number of aliphatic hydroxyl groups excluding tert-OH is 2. The molecule has 126 valence electrons. The molecule has 3 N–H and O–H groups in total. The first-order valence-corrected chi connectivity index (χ1v) is 9.11. The van der Waals surface area contributed by atoms with Crippen LogP contribution in [0.15, 0.2) is 18.2 Å². The van der Waals surface area contributed by atoms with E-state index in [0.29, 0.717) is 25.6 Å². The van der Waals surface area contributed by atoms with E-state index in [-0.39, 0.29) is 19.0 Å². The van der Waals surface area contributed by atoms with E-state index in [2.05, 4.69) is 13.8 Å². The number of aromatic hydroxyl groups is 1. The summed E-state index contributed by atoms with van der Waals surface area (Å²) in [5.41, 5.74) is 2.08. The largest absolute Gasteiger partial charge is 0.508 e. The highest BCUT2D eigenvalue weighted by Gasteiger charge is 2.12. The molecule has 0 spiro atoms. The van der Waals surface area contributed by atoms with E-state index in [4.69, 9.17) is 10.2 Å². The van der Waals surface area contributed by atoms with Crippen molar-refractivity contribution in [2.45, 2.75) is 32.7 Å². The Morgan fingerprint density at radius 3 is 2.45 bits per heavy atom. The fourth-order valence-corrected chi connectivity index (χ4v) is 3.33. The summed E-state index contributed by atoms with van der Waals surface area (Å²) in [5.74, 6) is 2.98. The highest BCUT2D eigenvalue weighted by molar-refractivity contribution is 7.99. The Hall–Kier alpha value is -0.750. The summed E-state index contributed by atoms with van der Waals surface area (Å²) in [5, 5.41) is 28.2. The number of phenols is 1. The van der Waals surface area contributed by atoms with Crippen LogP contribution in [0.4, 0.5) is 0 Å². The maximum absolute atomic E-state index is 10.1. The lowest BCUT2D eigenvalue weighted by molar-refractivity contribution is 0.155. The zero-order chi connectivity index (χ0) is 16.4. The molecule has 1 aromatic rings. The first kappa shape index (κ1) is 19.3. The number of benzene rings is 1. The lowest BCUT2D eigenvalue weighted by Crippen LogP contribution is -2.29. The highest BCUT2D eigenvalue weighted by Crippen LogP contribution is 2.27. The Morgan fingerprint density at radius 2 is 1.86 bits per heavy atom. The molecule has 0 bridgehead atoms. The third-order valence-corrected chi connectivity index (χ3v) is 5.05. The number of hydrogen-bond donors (Lipinski definition) is 3. The zero-order valence-corrected chi connectivity index (χ0v) is 14.5. The lowest BCUT2D eigenvalue weighted by Gasteiger charge is -2.22. The van der Waals surface area contributed by atoms with Crippen molar-refractivity contribution in [3.05, 3.63) is 29.3 Å². The first-order valence-electron chi connectivity index (χ1n) is 7.96. The second kappa shape index (κ2) is 10.9. The molecule has 0 aliphatic heterocycles. The van der Waals surface area contributed by atoms with Crippen LogP contribution in [0, 0.1) is 0 Å². The maximum atomic E-state index is 10.1. The van der Waals surface area contributed by atoms with Crippen molar-refractivity contribution in [3.63, 3.8) is 0 Å². The Morgan fingerprint density at radius 1 is 1.18 bits per heavy atom. The Bertz CT molecular complexity index is 422. The molecule has 22 heavy (non-hydrogen) atoms. The van der Waals surface area contributed by atoms with Gasteiger partial charge in [-0.2, -0.15) is 11.8 Å². The van der Waals surface area contributed by atoms with E-state index in [1.807, 2.05) is 28.8 Å². The van der Waals surface area contributed by atoms with E-state index < -0.39 is 0 Å². The van der Waals surface area contributed by atoms with Crippen molar-refractivity contribution >= 4 is 11.8 Å². The molecule has 0 aliphatic carbocycles. The molecule has 0 amide bonds. The number of aliphatic hydroxyl groups is 2. The van der Waals surface area contributed by atoms with Gasteiger partial charge in [0, 0.05) is 25.2 Å². The summed E-state index contributed by atoms with van der Waals surface area (Å²) < 4.78 is 0. The van der Waals surface area contributed by atoms with Crippen LogP contribution in [-0.2, 0) is 6.54 Å². The SMILES string of the molecule is CCCSCC(C)c1ccc(O)c(CN(CCO)CCO)c1. The standard InChI is InChI=1S/C17H29NO3S/c1-3-10-22-13-14(2)15-4-5-17(21)16(11-15)12-18(6-8-19)7-9-20/h4-5,11,14,19-21H,3,6-10,12-13H2,1-2H3. The van der Waals surface area contributed by atoms with Gasteiger partial charge in [0.05, 0.1) is 13.2 Å². The molecule has 0 fully saturated rings. The van der Waals surface area contributed by atoms with Crippen molar-refractivity contribution in [2.75, 3.05) is 37.8 Å². The second-order valence-corrected chi connectivity index (χ2v) is 6.74. The fraction of sp³-hybridized carbons (Fsp3) is 0.647.